The number of aromatic nitrogens is 3. The van der Waals surface area contributed by atoms with E-state index in [0.717, 1.165) is 22.6 Å². The Morgan fingerprint density at radius 2 is 2.00 bits per heavy atom. The highest BCUT2D eigenvalue weighted by Gasteiger charge is 2.04. The van der Waals surface area contributed by atoms with Crippen molar-refractivity contribution in [1.82, 2.24) is 15.2 Å². The van der Waals surface area contributed by atoms with Gasteiger partial charge in [0.1, 0.15) is 11.6 Å². The third kappa shape index (κ3) is 3.25. The number of benzene rings is 2. The Labute approximate surface area is 122 Å². The fourth-order valence-electron chi connectivity index (χ4n) is 2.09. The van der Waals surface area contributed by atoms with Crippen LogP contribution in [0.15, 0.2) is 48.5 Å². The first-order valence-corrected chi connectivity index (χ1v) is 6.68. The number of aromatic amines is 1. The molecule has 2 N–H and O–H groups in total. The van der Waals surface area contributed by atoms with Crippen molar-refractivity contribution >= 4 is 5.69 Å². The molecule has 0 atom stereocenters. The fourth-order valence-corrected chi connectivity index (χ4v) is 2.09. The van der Waals surface area contributed by atoms with Crippen molar-refractivity contribution in [3.8, 4) is 11.4 Å². The molecule has 0 bridgehead atoms. The van der Waals surface area contributed by atoms with Crippen LogP contribution in [-0.4, -0.2) is 15.2 Å². The number of aryl methyl sites for hydroxylation is 1. The van der Waals surface area contributed by atoms with Crippen molar-refractivity contribution in [2.24, 2.45) is 0 Å². The summed E-state index contributed by atoms with van der Waals surface area (Å²) in [4.78, 5) is 4.31. The third-order valence-corrected chi connectivity index (χ3v) is 3.10. The number of hydrogen-bond donors (Lipinski definition) is 2. The normalized spacial score (nSPS) is 10.6. The monoisotopic (exact) mass is 282 g/mol. The number of hydrogen-bond acceptors (Lipinski definition) is 3. The highest BCUT2D eigenvalue weighted by molar-refractivity contribution is 5.62. The summed E-state index contributed by atoms with van der Waals surface area (Å²) in [5, 5.41) is 10.2. The molecule has 0 spiro atoms. The molecule has 0 radical (unpaired) electrons. The SMILES string of the molecule is Cc1nc(-c2cccc(NCc3cccc(F)c3)c2)n[nH]1. The summed E-state index contributed by atoms with van der Waals surface area (Å²) in [6, 6.07) is 14.4. The van der Waals surface area contributed by atoms with Gasteiger partial charge in [-0.1, -0.05) is 24.3 Å². The largest absolute Gasteiger partial charge is 0.381 e. The molecule has 0 aliphatic carbocycles. The zero-order chi connectivity index (χ0) is 14.7. The first kappa shape index (κ1) is 13.3. The summed E-state index contributed by atoms with van der Waals surface area (Å²) in [5.41, 5.74) is 2.77. The van der Waals surface area contributed by atoms with E-state index in [4.69, 9.17) is 0 Å². The van der Waals surface area contributed by atoms with Crippen molar-refractivity contribution in [3.05, 3.63) is 65.7 Å². The predicted octanol–water partition coefficient (Wildman–Crippen LogP) is 3.53. The molecule has 21 heavy (non-hydrogen) atoms. The lowest BCUT2D eigenvalue weighted by Gasteiger charge is -2.07. The smallest absolute Gasteiger partial charge is 0.181 e. The maximum absolute atomic E-state index is 13.1. The number of nitrogens with one attached hydrogen (secondary N) is 2. The zero-order valence-corrected chi connectivity index (χ0v) is 11.6. The lowest BCUT2D eigenvalue weighted by atomic mass is 10.1. The first-order chi connectivity index (χ1) is 10.2. The van der Waals surface area contributed by atoms with Gasteiger partial charge < -0.3 is 5.32 Å². The molecule has 1 aromatic heterocycles. The molecule has 0 saturated carbocycles. The maximum Gasteiger partial charge on any atom is 0.181 e. The molecule has 3 aromatic rings. The Balaban J connectivity index is 1.74. The molecule has 4 nitrogen and oxygen atoms in total. The Hall–Kier alpha value is -2.69. The molecule has 106 valence electrons. The zero-order valence-electron chi connectivity index (χ0n) is 11.6. The topological polar surface area (TPSA) is 53.6 Å². The molecule has 0 amide bonds. The van der Waals surface area contributed by atoms with Gasteiger partial charge in [0.2, 0.25) is 0 Å². The summed E-state index contributed by atoms with van der Waals surface area (Å²) in [5.74, 6) is 1.23. The van der Waals surface area contributed by atoms with Gasteiger partial charge >= 0.3 is 0 Å². The van der Waals surface area contributed by atoms with Gasteiger partial charge in [-0.05, 0) is 36.8 Å². The molecule has 3 rings (SSSR count). The van der Waals surface area contributed by atoms with E-state index >= 15 is 0 Å². The Morgan fingerprint density at radius 3 is 2.76 bits per heavy atom. The van der Waals surface area contributed by atoms with E-state index in [2.05, 4.69) is 20.5 Å². The molecule has 0 saturated heterocycles. The van der Waals surface area contributed by atoms with Crippen LogP contribution in [0.1, 0.15) is 11.4 Å². The van der Waals surface area contributed by atoms with E-state index in [-0.39, 0.29) is 5.82 Å². The minimum Gasteiger partial charge on any atom is -0.381 e. The molecule has 1 heterocycles. The van der Waals surface area contributed by atoms with E-state index in [1.807, 2.05) is 37.3 Å². The van der Waals surface area contributed by atoms with Gasteiger partial charge in [-0.3, -0.25) is 5.10 Å². The van der Waals surface area contributed by atoms with Crippen LogP contribution >= 0.6 is 0 Å². The Morgan fingerprint density at radius 1 is 1.14 bits per heavy atom. The van der Waals surface area contributed by atoms with Gasteiger partial charge in [0.25, 0.3) is 0 Å². The van der Waals surface area contributed by atoms with Gasteiger partial charge in [-0.2, -0.15) is 5.10 Å². The summed E-state index contributed by atoms with van der Waals surface area (Å²) in [6.07, 6.45) is 0. The molecular formula is C16H15FN4. The van der Waals surface area contributed by atoms with Crippen LogP contribution in [0.25, 0.3) is 11.4 Å². The van der Waals surface area contributed by atoms with Crippen molar-refractivity contribution < 1.29 is 4.39 Å². The van der Waals surface area contributed by atoms with Gasteiger partial charge in [-0.15, -0.1) is 0 Å². The molecule has 5 heteroatoms. The van der Waals surface area contributed by atoms with Crippen LogP contribution in [0.3, 0.4) is 0 Å². The third-order valence-electron chi connectivity index (χ3n) is 3.10. The fraction of sp³-hybridized carbons (Fsp3) is 0.125. The summed E-state index contributed by atoms with van der Waals surface area (Å²) in [6.45, 7) is 2.43. The van der Waals surface area contributed by atoms with Crippen molar-refractivity contribution in [3.63, 3.8) is 0 Å². The average molecular weight is 282 g/mol. The highest BCUT2D eigenvalue weighted by Crippen LogP contribution is 2.19. The van der Waals surface area contributed by atoms with E-state index in [1.165, 1.54) is 12.1 Å². The van der Waals surface area contributed by atoms with E-state index in [1.54, 1.807) is 6.07 Å². The van der Waals surface area contributed by atoms with Crippen molar-refractivity contribution in [2.75, 3.05) is 5.32 Å². The lowest BCUT2D eigenvalue weighted by molar-refractivity contribution is 0.626. The van der Waals surface area contributed by atoms with Crippen molar-refractivity contribution in [1.29, 1.82) is 0 Å². The van der Waals surface area contributed by atoms with Gasteiger partial charge in [0, 0.05) is 17.8 Å². The van der Waals surface area contributed by atoms with Crippen LogP contribution in [0, 0.1) is 12.7 Å². The molecule has 0 aliphatic rings. The quantitative estimate of drug-likeness (QED) is 0.769. The van der Waals surface area contributed by atoms with Crippen LogP contribution in [0.4, 0.5) is 10.1 Å². The maximum atomic E-state index is 13.1. The van der Waals surface area contributed by atoms with E-state index in [9.17, 15) is 4.39 Å². The second kappa shape index (κ2) is 5.75. The molecule has 0 fully saturated rings. The number of rotatable bonds is 4. The van der Waals surface area contributed by atoms with E-state index < -0.39 is 0 Å². The molecular weight excluding hydrogens is 267 g/mol. The number of halogens is 1. The van der Waals surface area contributed by atoms with Gasteiger partial charge in [-0.25, -0.2) is 9.37 Å². The average Bonchev–Trinajstić information content (AvgIpc) is 2.92. The molecule has 0 unspecified atom stereocenters. The summed E-state index contributed by atoms with van der Waals surface area (Å²) in [7, 11) is 0. The Kier molecular flexibility index (Phi) is 3.64. The summed E-state index contributed by atoms with van der Waals surface area (Å²) >= 11 is 0. The molecule has 0 aliphatic heterocycles. The van der Waals surface area contributed by atoms with Gasteiger partial charge in [0.15, 0.2) is 5.82 Å². The minimum atomic E-state index is -0.223. The predicted molar refractivity (Wildman–Crippen MR) is 80.3 cm³/mol. The van der Waals surface area contributed by atoms with Crippen LogP contribution in [0.2, 0.25) is 0 Å². The highest BCUT2D eigenvalue weighted by atomic mass is 19.1. The lowest BCUT2D eigenvalue weighted by Crippen LogP contribution is -1.99. The second-order valence-corrected chi connectivity index (χ2v) is 4.81. The van der Waals surface area contributed by atoms with Crippen LogP contribution < -0.4 is 5.32 Å². The van der Waals surface area contributed by atoms with Crippen LogP contribution in [-0.2, 0) is 6.54 Å². The number of anilines is 1. The number of nitrogens with zero attached hydrogens (tertiary/aromatic N) is 2. The van der Waals surface area contributed by atoms with Crippen molar-refractivity contribution in [2.45, 2.75) is 13.5 Å². The first-order valence-electron chi connectivity index (χ1n) is 6.68. The van der Waals surface area contributed by atoms with Crippen LogP contribution in [0.5, 0.6) is 0 Å². The summed E-state index contributed by atoms with van der Waals surface area (Å²) < 4.78 is 13.1. The standard InChI is InChI=1S/C16H15FN4/c1-11-19-16(21-20-11)13-5-3-7-15(9-13)18-10-12-4-2-6-14(17)8-12/h2-9,18H,10H2,1H3,(H,19,20,21). The van der Waals surface area contributed by atoms with E-state index in [0.29, 0.717) is 12.4 Å². The second-order valence-electron chi connectivity index (χ2n) is 4.81. The number of H-pyrrole nitrogens is 1. The van der Waals surface area contributed by atoms with Gasteiger partial charge in [0.05, 0.1) is 0 Å². The molecule has 2 aromatic carbocycles. The Bertz CT molecular complexity index is 751. The minimum absolute atomic E-state index is 0.223.